The first-order valence-electron chi connectivity index (χ1n) is 9.67. The van der Waals surface area contributed by atoms with Gasteiger partial charge in [-0.2, -0.15) is 10.1 Å². The summed E-state index contributed by atoms with van der Waals surface area (Å²) in [5.41, 5.74) is 2.26. The van der Waals surface area contributed by atoms with E-state index in [1.807, 2.05) is 39.9 Å². The van der Waals surface area contributed by atoms with Crippen LogP contribution in [0.5, 0.6) is 5.75 Å². The van der Waals surface area contributed by atoms with E-state index in [9.17, 15) is 4.79 Å². The van der Waals surface area contributed by atoms with Crippen molar-refractivity contribution in [1.82, 2.24) is 14.8 Å². The molecule has 1 saturated carbocycles. The zero-order valence-corrected chi connectivity index (χ0v) is 15.7. The number of carbonyl (C=O) groups is 1. The molecule has 2 aliphatic rings. The fourth-order valence-electron chi connectivity index (χ4n) is 4.04. The van der Waals surface area contributed by atoms with Crippen LogP contribution in [-0.4, -0.2) is 27.8 Å². The van der Waals surface area contributed by atoms with Crippen molar-refractivity contribution in [1.29, 1.82) is 0 Å². The number of nitrogens with zero attached hydrogens (tertiary/aromatic N) is 4. The Bertz CT molecular complexity index is 979. The van der Waals surface area contributed by atoms with Crippen LogP contribution in [0.2, 0.25) is 0 Å². The molecule has 1 aliphatic heterocycles. The Morgan fingerprint density at radius 3 is 2.39 bits per heavy atom. The van der Waals surface area contributed by atoms with Gasteiger partial charge in [0.2, 0.25) is 11.9 Å². The molecule has 2 unspecified atom stereocenters. The number of methoxy groups -OCH3 is 1. The van der Waals surface area contributed by atoms with Crippen molar-refractivity contribution in [2.45, 2.75) is 31.3 Å². The van der Waals surface area contributed by atoms with Crippen molar-refractivity contribution in [3.8, 4) is 5.75 Å². The molecule has 5 rings (SSSR count). The summed E-state index contributed by atoms with van der Waals surface area (Å²) in [4.78, 5) is 19.5. The SMILES string of the molecule is COc1ccc(C2CC(c3ccccc3)N(C(=O)C3CC3)c3ncnn32)cc1. The predicted octanol–water partition coefficient (Wildman–Crippen LogP) is 3.76. The molecule has 6 nitrogen and oxygen atoms in total. The third-order valence-corrected chi connectivity index (χ3v) is 5.67. The molecule has 2 heterocycles. The van der Waals surface area contributed by atoms with Crippen LogP contribution in [0.1, 0.15) is 42.5 Å². The van der Waals surface area contributed by atoms with Crippen LogP contribution in [0.25, 0.3) is 0 Å². The quantitative estimate of drug-likeness (QED) is 0.698. The lowest BCUT2D eigenvalue weighted by atomic mass is 9.91. The van der Waals surface area contributed by atoms with Crippen LogP contribution in [0.3, 0.4) is 0 Å². The molecule has 0 radical (unpaired) electrons. The molecule has 6 heteroatoms. The molecular weight excluding hydrogens is 352 g/mol. The van der Waals surface area contributed by atoms with Gasteiger partial charge in [-0.1, -0.05) is 42.5 Å². The summed E-state index contributed by atoms with van der Waals surface area (Å²) in [5, 5.41) is 4.48. The molecule has 1 amide bonds. The average molecular weight is 374 g/mol. The summed E-state index contributed by atoms with van der Waals surface area (Å²) in [6.07, 6.45) is 4.23. The highest BCUT2D eigenvalue weighted by molar-refractivity contribution is 5.96. The maximum Gasteiger partial charge on any atom is 0.233 e. The van der Waals surface area contributed by atoms with Crippen LogP contribution in [0, 0.1) is 5.92 Å². The number of hydrogen-bond donors (Lipinski definition) is 0. The van der Waals surface area contributed by atoms with Gasteiger partial charge in [-0.25, -0.2) is 4.68 Å². The number of fused-ring (bicyclic) bond motifs is 1. The summed E-state index contributed by atoms with van der Waals surface area (Å²) >= 11 is 0. The van der Waals surface area contributed by atoms with E-state index in [0.29, 0.717) is 5.95 Å². The average Bonchev–Trinajstić information content (AvgIpc) is 3.49. The van der Waals surface area contributed by atoms with Gasteiger partial charge in [0.15, 0.2) is 0 Å². The number of hydrogen-bond acceptors (Lipinski definition) is 4. The molecule has 1 fully saturated rings. The molecule has 0 bridgehead atoms. The van der Waals surface area contributed by atoms with E-state index in [0.717, 1.165) is 36.1 Å². The van der Waals surface area contributed by atoms with Gasteiger partial charge < -0.3 is 4.74 Å². The Hall–Kier alpha value is -3.15. The largest absolute Gasteiger partial charge is 0.497 e. The van der Waals surface area contributed by atoms with Gasteiger partial charge in [0.25, 0.3) is 0 Å². The Balaban J connectivity index is 1.60. The second kappa shape index (κ2) is 6.78. The molecule has 28 heavy (non-hydrogen) atoms. The summed E-state index contributed by atoms with van der Waals surface area (Å²) in [6, 6.07) is 18.2. The lowest BCUT2D eigenvalue weighted by Crippen LogP contribution is -2.43. The molecule has 3 aromatic rings. The van der Waals surface area contributed by atoms with E-state index in [4.69, 9.17) is 4.74 Å². The Morgan fingerprint density at radius 1 is 1.00 bits per heavy atom. The molecule has 2 atom stereocenters. The first-order chi connectivity index (χ1) is 13.8. The molecule has 1 aliphatic carbocycles. The second-order valence-electron chi connectivity index (χ2n) is 7.44. The Kier molecular flexibility index (Phi) is 4.11. The number of rotatable bonds is 4. The summed E-state index contributed by atoms with van der Waals surface area (Å²) in [5.74, 6) is 1.74. The van der Waals surface area contributed by atoms with Gasteiger partial charge >= 0.3 is 0 Å². The number of anilines is 1. The van der Waals surface area contributed by atoms with Gasteiger partial charge in [0.1, 0.15) is 12.1 Å². The number of benzene rings is 2. The van der Waals surface area contributed by atoms with Gasteiger partial charge in [-0.05, 0) is 42.5 Å². The summed E-state index contributed by atoms with van der Waals surface area (Å²) in [7, 11) is 1.66. The van der Waals surface area contributed by atoms with Crippen molar-refractivity contribution >= 4 is 11.9 Å². The van der Waals surface area contributed by atoms with Crippen LogP contribution in [0.15, 0.2) is 60.9 Å². The summed E-state index contributed by atoms with van der Waals surface area (Å²) in [6.45, 7) is 0. The third kappa shape index (κ3) is 2.85. The minimum absolute atomic E-state index is 0.0110. The number of aromatic nitrogens is 3. The van der Waals surface area contributed by atoms with Crippen LogP contribution < -0.4 is 9.64 Å². The summed E-state index contributed by atoms with van der Waals surface area (Å²) < 4.78 is 7.19. The molecular formula is C22H22N4O2. The zero-order chi connectivity index (χ0) is 19.1. The number of carbonyl (C=O) groups excluding carboxylic acids is 1. The fraction of sp³-hybridized carbons (Fsp3) is 0.318. The molecule has 142 valence electrons. The van der Waals surface area contributed by atoms with Crippen molar-refractivity contribution in [2.24, 2.45) is 5.92 Å². The lowest BCUT2D eigenvalue weighted by Gasteiger charge is -2.39. The number of amides is 1. The first-order valence-corrected chi connectivity index (χ1v) is 9.67. The highest BCUT2D eigenvalue weighted by Crippen LogP contribution is 2.44. The molecule has 0 saturated heterocycles. The highest BCUT2D eigenvalue weighted by Gasteiger charge is 2.44. The molecule has 0 N–H and O–H groups in total. The Morgan fingerprint density at radius 2 is 1.71 bits per heavy atom. The standard InChI is InChI=1S/C22H22N4O2/c1-28-18-11-9-16(10-12-18)20-13-19(15-5-3-2-4-6-15)25(21(27)17-7-8-17)22-23-14-24-26(20)22/h2-6,9-12,14,17,19-20H,7-8,13H2,1H3. The second-order valence-corrected chi connectivity index (χ2v) is 7.44. The Labute approximate surface area is 163 Å². The van der Waals surface area contributed by atoms with Crippen molar-refractivity contribution < 1.29 is 9.53 Å². The topological polar surface area (TPSA) is 60.2 Å². The van der Waals surface area contributed by atoms with E-state index in [1.165, 1.54) is 0 Å². The fourth-order valence-corrected chi connectivity index (χ4v) is 4.04. The van der Waals surface area contributed by atoms with Crippen LogP contribution in [-0.2, 0) is 4.79 Å². The van der Waals surface area contributed by atoms with E-state index in [2.05, 4.69) is 34.3 Å². The smallest absolute Gasteiger partial charge is 0.233 e. The van der Waals surface area contributed by atoms with Gasteiger partial charge in [-0.3, -0.25) is 9.69 Å². The van der Waals surface area contributed by atoms with Crippen molar-refractivity contribution in [3.05, 3.63) is 72.1 Å². The minimum Gasteiger partial charge on any atom is -0.497 e. The van der Waals surface area contributed by atoms with Crippen molar-refractivity contribution in [2.75, 3.05) is 12.0 Å². The van der Waals surface area contributed by atoms with Crippen LogP contribution in [0.4, 0.5) is 5.95 Å². The van der Waals surface area contributed by atoms with Gasteiger partial charge in [0, 0.05) is 5.92 Å². The maximum atomic E-state index is 13.2. The minimum atomic E-state index is -0.0573. The molecule has 1 aromatic heterocycles. The highest BCUT2D eigenvalue weighted by atomic mass is 16.5. The first kappa shape index (κ1) is 17.0. The van der Waals surface area contributed by atoms with Crippen molar-refractivity contribution in [3.63, 3.8) is 0 Å². The maximum absolute atomic E-state index is 13.2. The van der Waals surface area contributed by atoms with Crippen LogP contribution >= 0.6 is 0 Å². The predicted molar refractivity (Wildman–Crippen MR) is 105 cm³/mol. The molecule has 2 aromatic carbocycles. The zero-order valence-electron chi connectivity index (χ0n) is 15.7. The number of ether oxygens (including phenoxy) is 1. The molecule has 0 spiro atoms. The van der Waals surface area contributed by atoms with E-state index in [-0.39, 0.29) is 23.9 Å². The monoisotopic (exact) mass is 374 g/mol. The lowest BCUT2D eigenvalue weighted by molar-refractivity contribution is -0.120. The van der Waals surface area contributed by atoms with E-state index in [1.54, 1.807) is 13.4 Å². The van der Waals surface area contributed by atoms with Gasteiger partial charge in [0.05, 0.1) is 19.2 Å². The van der Waals surface area contributed by atoms with Gasteiger partial charge in [-0.15, -0.1) is 0 Å². The third-order valence-electron chi connectivity index (χ3n) is 5.67. The van der Waals surface area contributed by atoms with E-state index < -0.39 is 0 Å². The van der Waals surface area contributed by atoms with E-state index >= 15 is 0 Å². The normalized spacial score (nSPS) is 21.2.